The van der Waals surface area contributed by atoms with Crippen molar-refractivity contribution >= 4 is 26.7 Å². The fourth-order valence-electron chi connectivity index (χ4n) is 2.27. The largest absolute Gasteiger partial charge is 0.364 e. The van der Waals surface area contributed by atoms with E-state index in [1.807, 2.05) is 17.7 Å². The molecule has 1 fully saturated rings. The molecule has 0 amide bonds. The second-order valence-corrected chi connectivity index (χ2v) is 6.86. The number of sulfone groups is 1. The van der Waals surface area contributed by atoms with Gasteiger partial charge in [0.25, 0.3) is 0 Å². The fraction of sp³-hybridized carbons (Fsp3) is 0.455. The van der Waals surface area contributed by atoms with Gasteiger partial charge in [0, 0.05) is 19.3 Å². The summed E-state index contributed by atoms with van der Waals surface area (Å²) in [5, 5.41) is 3.19. The molecule has 0 radical (unpaired) electrons. The number of hydrogen-bond donors (Lipinski definition) is 1. The number of aromatic nitrogens is 3. The van der Waals surface area contributed by atoms with E-state index in [1.54, 1.807) is 12.5 Å². The van der Waals surface area contributed by atoms with E-state index in [0.717, 1.165) is 11.0 Å². The number of aryl methyl sites for hydroxylation is 1. The number of fused-ring (bicyclic) bond motifs is 1. The van der Waals surface area contributed by atoms with Crippen molar-refractivity contribution in [1.82, 2.24) is 14.5 Å². The Morgan fingerprint density at radius 2 is 2.28 bits per heavy atom. The van der Waals surface area contributed by atoms with Crippen molar-refractivity contribution in [3.8, 4) is 0 Å². The van der Waals surface area contributed by atoms with Crippen molar-refractivity contribution in [3.63, 3.8) is 0 Å². The molecule has 6 nitrogen and oxygen atoms in total. The lowest BCUT2D eigenvalue weighted by molar-refractivity contribution is 0.602. The van der Waals surface area contributed by atoms with Gasteiger partial charge in [-0.3, -0.25) is 0 Å². The van der Waals surface area contributed by atoms with Crippen molar-refractivity contribution in [2.75, 3.05) is 16.8 Å². The van der Waals surface area contributed by atoms with Crippen LogP contribution in [0, 0.1) is 0 Å². The minimum Gasteiger partial charge on any atom is -0.364 e. The summed E-state index contributed by atoms with van der Waals surface area (Å²) in [7, 11) is -0.964. The van der Waals surface area contributed by atoms with Gasteiger partial charge in [0.1, 0.15) is 5.52 Å². The van der Waals surface area contributed by atoms with E-state index in [1.165, 1.54) is 0 Å². The summed E-state index contributed by atoms with van der Waals surface area (Å²) in [4.78, 5) is 8.53. The zero-order valence-corrected chi connectivity index (χ0v) is 10.8. The molecule has 1 atom stereocenters. The number of imidazole rings is 1. The van der Waals surface area contributed by atoms with Crippen LogP contribution in [-0.2, 0) is 16.9 Å². The smallest absolute Gasteiger partial charge is 0.154 e. The predicted molar refractivity (Wildman–Crippen MR) is 69.2 cm³/mol. The Morgan fingerprint density at radius 1 is 1.44 bits per heavy atom. The molecular weight excluding hydrogens is 252 g/mol. The van der Waals surface area contributed by atoms with Gasteiger partial charge in [0.15, 0.2) is 15.7 Å². The highest BCUT2D eigenvalue weighted by Crippen LogP contribution is 2.22. The molecule has 3 heterocycles. The summed E-state index contributed by atoms with van der Waals surface area (Å²) in [5.41, 5.74) is 1.76. The molecule has 2 aromatic heterocycles. The highest BCUT2D eigenvalue weighted by molar-refractivity contribution is 7.91. The first-order valence-corrected chi connectivity index (χ1v) is 7.60. The molecule has 2 aromatic rings. The van der Waals surface area contributed by atoms with Crippen LogP contribution in [0.25, 0.3) is 11.0 Å². The average Bonchev–Trinajstić information content (AvgIpc) is 2.84. The van der Waals surface area contributed by atoms with Crippen LogP contribution >= 0.6 is 0 Å². The monoisotopic (exact) mass is 266 g/mol. The van der Waals surface area contributed by atoms with Gasteiger partial charge in [0.05, 0.1) is 23.3 Å². The van der Waals surface area contributed by atoms with Gasteiger partial charge in [-0.25, -0.2) is 18.4 Å². The van der Waals surface area contributed by atoms with Crippen molar-refractivity contribution in [2.45, 2.75) is 12.5 Å². The highest BCUT2D eigenvalue weighted by atomic mass is 32.2. The highest BCUT2D eigenvalue weighted by Gasteiger charge is 2.28. The fourth-order valence-corrected chi connectivity index (χ4v) is 3.94. The van der Waals surface area contributed by atoms with Crippen LogP contribution in [-0.4, -0.2) is 40.5 Å². The van der Waals surface area contributed by atoms with Gasteiger partial charge >= 0.3 is 0 Å². The van der Waals surface area contributed by atoms with Gasteiger partial charge in [-0.15, -0.1) is 0 Å². The SMILES string of the molecule is Cn1cnc2c(NC3CCS(=O)(=O)C3)nccc21. The number of nitrogens with zero attached hydrogens (tertiary/aromatic N) is 3. The first kappa shape index (κ1) is 11.5. The maximum absolute atomic E-state index is 11.4. The van der Waals surface area contributed by atoms with E-state index in [2.05, 4.69) is 15.3 Å². The normalized spacial score (nSPS) is 22.4. The molecule has 1 unspecified atom stereocenters. The van der Waals surface area contributed by atoms with Gasteiger partial charge in [-0.1, -0.05) is 0 Å². The van der Waals surface area contributed by atoms with Crippen molar-refractivity contribution < 1.29 is 8.42 Å². The second kappa shape index (κ2) is 3.94. The molecule has 1 aliphatic heterocycles. The zero-order valence-electron chi connectivity index (χ0n) is 10.00. The predicted octanol–water partition coefficient (Wildman–Crippen LogP) is 0.567. The minimum absolute atomic E-state index is 0.0601. The Labute approximate surface area is 105 Å². The Kier molecular flexibility index (Phi) is 2.51. The van der Waals surface area contributed by atoms with E-state index in [4.69, 9.17) is 0 Å². The van der Waals surface area contributed by atoms with Gasteiger partial charge < -0.3 is 9.88 Å². The number of anilines is 1. The van der Waals surface area contributed by atoms with Crippen LogP contribution in [0.5, 0.6) is 0 Å². The summed E-state index contributed by atoms with van der Waals surface area (Å²) in [6, 6.07) is 1.83. The average molecular weight is 266 g/mol. The van der Waals surface area contributed by atoms with Gasteiger partial charge in [-0.2, -0.15) is 0 Å². The van der Waals surface area contributed by atoms with Crippen molar-refractivity contribution in [2.24, 2.45) is 7.05 Å². The Balaban J connectivity index is 1.92. The lowest BCUT2D eigenvalue weighted by atomic mass is 10.2. The maximum atomic E-state index is 11.4. The zero-order chi connectivity index (χ0) is 12.8. The van der Waals surface area contributed by atoms with Crippen LogP contribution in [0.4, 0.5) is 5.82 Å². The summed E-state index contributed by atoms with van der Waals surface area (Å²) in [6.45, 7) is 0. The maximum Gasteiger partial charge on any atom is 0.154 e. The molecule has 0 aromatic carbocycles. The molecule has 96 valence electrons. The summed E-state index contributed by atoms with van der Waals surface area (Å²) in [6.07, 6.45) is 4.06. The van der Waals surface area contributed by atoms with Gasteiger partial charge in [-0.05, 0) is 12.5 Å². The van der Waals surface area contributed by atoms with Gasteiger partial charge in [0.2, 0.25) is 0 Å². The third-order valence-electron chi connectivity index (χ3n) is 3.22. The molecule has 1 N–H and O–H groups in total. The van der Waals surface area contributed by atoms with Crippen LogP contribution in [0.2, 0.25) is 0 Å². The van der Waals surface area contributed by atoms with Crippen molar-refractivity contribution in [3.05, 3.63) is 18.6 Å². The molecule has 0 spiro atoms. The van der Waals surface area contributed by atoms with E-state index < -0.39 is 9.84 Å². The van der Waals surface area contributed by atoms with Crippen LogP contribution in [0.3, 0.4) is 0 Å². The molecule has 18 heavy (non-hydrogen) atoms. The molecule has 1 aliphatic rings. The number of nitrogens with one attached hydrogen (secondary N) is 1. The minimum atomic E-state index is -2.88. The lowest BCUT2D eigenvalue weighted by Crippen LogP contribution is -2.21. The molecular formula is C11H14N4O2S. The molecule has 0 saturated carbocycles. The Morgan fingerprint density at radius 3 is 3.00 bits per heavy atom. The number of pyridine rings is 1. The summed E-state index contributed by atoms with van der Waals surface area (Å²) >= 11 is 0. The number of rotatable bonds is 2. The first-order chi connectivity index (χ1) is 8.55. The van der Waals surface area contributed by atoms with Crippen molar-refractivity contribution in [1.29, 1.82) is 0 Å². The van der Waals surface area contributed by atoms with Crippen LogP contribution in [0.1, 0.15) is 6.42 Å². The Hall–Kier alpha value is -1.63. The molecule has 0 bridgehead atoms. The topological polar surface area (TPSA) is 76.9 Å². The van der Waals surface area contributed by atoms with E-state index in [-0.39, 0.29) is 17.5 Å². The number of hydrogen-bond acceptors (Lipinski definition) is 5. The Bertz CT molecular complexity index is 692. The van der Waals surface area contributed by atoms with E-state index >= 15 is 0 Å². The summed E-state index contributed by atoms with van der Waals surface area (Å²) < 4.78 is 24.7. The van der Waals surface area contributed by atoms with Crippen LogP contribution < -0.4 is 5.32 Å². The lowest BCUT2D eigenvalue weighted by Gasteiger charge is -2.11. The first-order valence-electron chi connectivity index (χ1n) is 5.78. The third-order valence-corrected chi connectivity index (χ3v) is 4.98. The van der Waals surface area contributed by atoms with Crippen LogP contribution in [0.15, 0.2) is 18.6 Å². The van der Waals surface area contributed by atoms with E-state index in [0.29, 0.717) is 12.2 Å². The molecule has 7 heteroatoms. The second-order valence-electron chi connectivity index (χ2n) is 4.63. The van der Waals surface area contributed by atoms with E-state index in [9.17, 15) is 8.42 Å². The molecule has 0 aliphatic carbocycles. The summed E-state index contributed by atoms with van der Waals surface area (Å²) in [5.74, 6) is 1.09. The quantitative estimate of drug-likeness (QED) is 0.859. The molecule has 3 rings (SSSR count). The molecule has 1 saturated heterocycles. The standard InChI is InChI=1S/C11H14N4O2S/c1-15-7-13-10-9(15)2-4-12-11(10)14-8-3-5-18(16,17)6-8/h2,4,7-8H,3,5-6H2,1H3,(H,12,14). The third kappa shape index (κ3) is 1.94.